The minimum Gasteiger partial charge on any atom is -0.871 e. The Morgan fingerprint density at radius 1 is 1.08 bits per heavy atom. The van der Waals surface area contributed by atoms with Gasteiger partial charge < -0.3 is 34.9 Å². The van der Waals surface area contributed by atoms with Crippen LogP contribution in [0.5, 0.6) is 11.5 Å². The molecule has 36 heavy (non-hydrogen) atoms. The van der Waals surface area contributed by atoms with Crippen LogP contribution in [0.3, 0.4) is 0 Å². The number of amides is 2. The zero-order chi connectivity index (χ0) is 25.0. The standard InChI is InChI=1S/C23H21F2N3O6.2Na/c1-28-8-7-18(29)21(22(28)32)27-23(33)26-17(11-20(30)31)12-3-6-19(34-2)15(9-12)14-5-4-13(24)10-16(14)25;;/h3-10,17,29H,11H2,1-2H3,(H,30,31)(H2,26,27,33);;/q;2*+1/p-2/t17-;;/m0../s1. The smallest absolute Gasteiger partial charge is 0.871 e. The van der Waals surface area contributed by atoms with Gasteiger partial charge in [-0.3, -0.25) is 4.79 Å². The number of anilines is 1. The maximum Gasteiger partial charge on any atom is 1.00 e. The third-order valence-electron chi connectivity index (χ3n) is 4.99. The number of carboxylic acid groups (broad SMARTS) is 1. The first-order valence-electron chi connectivity index (χ1n) is 9.88. The van der Waals surface area contributed by atoms with Crippen molar-refractivity contribution >= 4 is 17.7 Å². The average molecular weight is 517 g/mol. The summed E-state index contributed by atoms with van der Waals surface area (Å²) in [5.41, 5.74) is -0.874. The van der Waals surface area contributed by atoms with Gasteiger partial charge in [0.15, 0.2) is 0 Å². The number of rotatable bonds is 7. The van der Waals surface area contributed by atoms with Crippen LogP contribution in [0.2, 0.25) is 0 Å². The van der Waals surface area contributed by atoms with Gasteiger partial charge in [0.05, 0.1) is 13.2 Å². The van der Waals surface area contributed by atoms with Gasteiger partial charge in [-0.2, -0.15) is 0 Å². The third-order valence-corrected chi connectivity index (χ3v) is 4.99. The largest absolute Gasteiger partial charge is 1.00 e. The van der Waals surface area contributed by atoms with Crippen molar-refractivity contribution in [3.63, 3.8) is 0 Å². The number of carboxylic acids is 1. The van der Waals surface area contributed by atoms with E-state index in [1.54, 1.807) is 0 Å². The molecular weight excluding hydrogens is 498 g/mol. The van der Waals surface area contributed by atoms with Gasteiger partial charge in [0.2, 0.25) is 0 Å². The van der Waals surface area contributed by atoms with Gasteiger partial charge in [0, 0.05) is 42.8 Å². The van der Waals surface area contributed by atoms with E-state index in [0.717, 1.165) is 16.7 Å². The van der Waals surface area contributed by atoms with E-state index in [1.165, 1.54) is 44.6 Å². The van der Waals surface area contributed by atoms with Crippen molar-refractivity contribution in [1.82, 2.24) is 9.88 Å². The Bertz CT molecular complexity index is 1320. The van der Waals surface area contributed by atoms with Crippen molar-refractivity contribution in [3.05, 3.63) is 76.2 Å². The van der Waals surface area contributed by atoms with E-state index in [1.807, 2.05) is 0 Å². The zero-order valence-electron chi connectivity index (χ0n) is 20.1. The van der Waals surface area contributed by atoms with Crippen LogP contribution < -0.4 is 90.3 Å². The summed E-state index contributed by atoms with van der Waals surface area (Å²) in [5, 5.41) is 27.8. The van der Waals surface area contributed by atoms with Crippen molar-refractivity contribution in [2.24, 2.45) is 7.05 Å². The summed E-state index contributed by atoms with van der Waals surface area (Å²) in [7, 11) is 2.72. The molecule has 2 aromatic carbocycles. The summed E-state index contributed by atoms with van der Waals surface area (Å²) in [4.78, 5) is 36.0. The number of aromatic nitrogens is 1. The molecule has 1 aromatic heterocycles. The molecule has 0 radical (unpaired) electrons. The molecule has 0 saturated carbocycles. The molecule has 0 aliphatic carbocycles. The van der Waals surface area contributed by atoms with E-state index in [-0.39, 0.29) is 81.6 Å². The SMILES string of the molecule is COc1ccc([C@H](CC(=O)[O-])NC(=O)Nc2c([O-])ccn(C)c2=O)cc1-c1ccc(F)cc1F.[Na+].[Na+]. The monoisotopic (exact) mass is 517 g/mol. The third kappa shape index (κ3) is 7.55. The van der Waals surface area contributed by atoms with E-state index in [2.05, 4.69) is 10.6 Å². The Hall–Kier alpha value is -2.41. The second-order valence-electron chi connectivity index (χ2n) is 7.28. The first-order chi connectivity index (χ1) is 16.1. The summed E-state index contributed by atoms with van der Waals surface area (Å²) in [6.07, 6.45) is 0.558. The molecule has 3 aromatic rings. The second kappa shape index (κ2) is 13.8. The van der Waals surface area contributed by atoms with Crippen LogP contribution in [-0.2, 0) is 11.8 Å². The number of nitrogens with zero attached hydrogens (tertiary/aromatic N) is 1. The number of aryl methyl sites for hydroxylation is 1. The number of carbonyl (C=O) groups excluding carboxylic acids is 2. The Labute approximate surface area is 249 Å². The normalized spacial score (nSPS) is 10.9. The van der Waals surface area contributed by atoms with E-state index in [4.69, 9.17) is 4.74 Å². The predicted octanol–water partition coefficient (Wildman–Crippen LogP) is -4.58. The minimum atomic E-state index is -1.50. The number of carbonyl (C=O) groups is 2. The second-order valence-corrected chi connectivity index (χ2v) is 7.28. The average Bonchev–Trinajstić information content (AvgIpc) is 2.78. The van der Waals surface area contributed by atoms with Crippen molar-refractivity contribution < 1.29 is 92.4 Å². The van der Waals surface area contributed by atoms with Crippen LogP contribution >= 0.6 is 0 Å². The van der Waals surface area contributed by atoms with Crippen LogP contribution in [0.4, 0.5) is 19.3 Å². The summed E-state index contributed by atoms with van der Waals surface area (Å²) < 4.78 is 34.1. The van der Waals surface area contributed by atoms with Gasteiger partial charge in [-0.25, -0.2) is 13.6 Å². The first kappa shape index (κ1) is 31.6. The molecule has 0 saturated heterocycles. The number of aliphatic carboxylic acids is 1. The van der Waals surface area contributed by atoms with Crippen molar-refractivity contribution in [2.45, 2.75) is 12.5 Å². The molecule has 178 valence electrons. The number of nitrogens with one attached hydrogen (secondary N) is 2. The van der Waals surface area contributed by atoms with Crippen LogP contribution in [-0.4, -0.2) is 23.7 Å². The molecule has 1 heterocycles. The predicted molar refractivity (Wildman–Crippen MR) is 114 cm³/mol. The summed E-state index contributed by atoms with van der Waals surface area (Å²) in [5.74, 6) is -3.67. The number of hydrogen-bond donors (Lipinski definition) is 2. The molecule has 2 amide bonds. The van der Waals surface area contributed by atoms with Crippen molar-refractivity contribution in [3.8, 4) is 22.6 Å². The van der Waals surface area contributed by atoms with Gasteiger partial charge in [0.25, 0.3) is 5.56 Å². The van der Waals surface area contributed by atoms with Crippen LogP contribution in [0, 0.1) is 11.6 Å². The fourth-order valence-corrected chi connectivity index (χ4v) is 3.31. The number of halogens is 2. The minimum absolute atomic E-state index is 0. The summed E-state index contributed by atoms with van der Waals surface area (Å²) in [6, 6.07) is 6.06. The molecule has 0 fully saturated rings. The molecule has 0 bridgehead atoms. The van der Waals surface area contributed by atoms with E-state index in [9.17, 15) is 33.4 Å². The number of ether oxygens (including phenoxy) is 1. The fraction of sp³-hybridized carbons (Fsp3) is 0.174. The number of hydrogen-bond acceptors (Lipinski definition) is 6. The zero-order valence-corrected chi connectivity index (χ0v) is 24.1. The number of pyridine rings is 1. The Morgan fingerprint density at radius 2 is 1.78 bits per heavy atom. The number of benzene rings is 2. The topological polar surface area (TPSA) is 136 Å². The fourth-order valence-electron chi connectivity index (χ4n) is 3.31. The van der Waals surface area contributed by atoms with Crippen molar-refractivity contribution in [1.29, 1.82) is 0 Å². The van der Waals surface area contributed by atoms with Crippen LogP contribution in [0.25, 0.3) is 11.1 Å². The molecule has 0 aliphatic rings. The molecule has 0 unspecified atom stereocenters. The van der Waals surface area contributed by atoms with Gasteiger partial charge in [-0.15, -0.1) is 0 Å². The Balaban J connectivity index is 0.00000324. The van der Waals surface area contributed by atoms with Gasteiger partial charge >= 0.3 is 65.1 Å². The van der Waals surface area contributed by atoms with Crippen LogP contribution in [0.15, 0.2) is 53.5 Å². The van der Waals surface area contributed by atoms with Gasteiger partial charge in [-0.1, -0.05) is 17.9 Å². The molecular formula is C23H19F2N3Na2O6. The quantitative estimate of drug-likeness (QED) is 0.303. The molecule has 9 nitrogen and oxygen atoms in total. The molecule has 1 atom stereocenters. The molecule has 3 rings (SSSR count). The summed E-state index contributed by atoms with van der Waals surface area (Å²) >= 11 is 0. The summed E-state index contributed by atoms with van der Waals surface area (Å²) in [6.45, 7) is 0. The number of methoxy groups -OCH3 is 1. The van der Waals surface area contributed by atoms with Gasteiger partial charge in [0.1, 0.15) is 23.1 Å². The maximum atomic E-state index is 14.4. The Kier molecular flexibility index (Phi) is 12.1. The van der Waals surface area contributed by atoms with E-state index in [0.29, 0.717) is 6.07 Å². The van der Waals surface area contributed by atoms with E-state index < -0.39 is 53.1 Å². The first-order valence-corrected chi connectivity index (χ1v) is 9.88. The van der Waals surface area contributed by atoms with E-state index >= 15 is 0 Å². The Morgan fingerprint density at radius 3 is 2.39 bits per heavy atom. The molecule has 0 aliphatic heterocycles. The maximum absolute atomic E-state index is 14.4. The molecule has 2 N–H and O–H groups in total. The molecule has 0 spiro atoms. The van der Waals surface area contributed by atoms with Crippen molar-refractivity contribution in [2.75, 3.05) is 12.4 Å². The van der Waals surface area contributed by atoms with Crippen LogP contribution in [0.1, 0.15) is 18.0 Å². The van der Waals surface area contributed by atoms with Gasteiger partial charge in [-0.05, 0) is 29.8 Å². The molecule has 13 heteroatoms. The number of urea groups is 1.